The summed E-state index contributed by atoms with van der Waals surface area (Å²) in [7, 11) is 0. The van der Waals surface area contributed by atoms with Crippen LogP contribution in [0.5, 0.6) is 5.75 Å². The van der Waals surface area contributed by atoms with Gasteiger partial charge < -0.3 is 10.1 Å². The number of hydrazine groups is 1. The van der Waals surface area contributed by atoms with E-state index < -0.39 is 11.9 Å². The van der Waals surface area contributed by atoms with Crippen LogP contribution >= 0.6 is 27.5 Å². The van der Waals surface area contributed by atoms with E-state index in [2.05, 4.69) is 32.1 Å². The molecule has 0 radical (unpaired) electrons. The van der Waals surface area contributed by atoms with Crippen molar-refractivity contribution in [2.75, 3.05) is 11.9 Å². The van der Waals surface area contributed by atoms with Crippen molar-refractivity contribution in [1.82, 2.24) is 10.9 Å². The maximum atomic E-state index is 11.6. The van der Waals surface area contributed by atoms with Crippen LogP contribution in [0.1, 0.15) is 0 Å². The summed E-state index contributed by atoms with van der Waals surface area (Å²) >= 11 is 9.10. The van der Waals surface area contributed by atoms with Crippen molar-refractivity contribution in [3.63, 3.8) is 0 Å². The number of ether oxygens (including phenoxy) is 1. The fourth-order valence-corrected chi connectivity index (χ4v) is 2.03. The van der Waals surface area contributed by atoms with Gasteiger partial charge in [-0.25, -0.2) is 10.2 Å². The lowest BCUT2D eigenvalue weighted by Gasteiger charge is -2.10. The minimum atomic E-state index is -0.593. The summed E-state index contributed by atoms with van der Waals surface area (Å²) in [6.07, 6.45) is 0. The Bertz CT molecular complexity index is 695. The molecule has 2 rings (SSSR count). The van der Waals surface area contributed by atoms with Crippen molar-refractivity contribution in [2.24, 2.45) is 0 Å². The first-order valence-electron chi connectivity index (χ1n) is 6.53. The Labute approximate surface area is 146 Å². The zero-order valence-corrected chi connectivity index (χ0v) is 14.1. The number of hydrogen-bond donors (Lipinski definition) is 3. The Balaban J connectivity index is 1.71. The molecule has 6 nitrogen and oxygen atoms in total. The molecule has 3 amide bonds. The Hall–Kier alpha value is -2.25. The van der Waals surface area contributed by atoms with Gasteiger partial charge in [-0.2, -0.15) is 0 Å². The van der Waals surface area contributed by atoms with Crippen molar-refractivity contribution >= 4 is 45.2 Å². The van der Waals surface area contributed by atoms with Crippen LogP contribution in [0.4, 0.5) is 10.5 Å². The highest BCUT2D eigenvalue weighted by atomic mass is 79.9. The van der Waals surface area contributed by atoms with Gasteiger partial charge in [0, 0.05) is 15.2 Å². The maximum absolute atomic E-state index is 11.6. The summed E-state index contributed by atoms with van der Waals surface area (Å²) in [5.41, 5.74) is 4.96. The Morgan fingerprint density at radius 2 is 1.83 bits per heavy atom. The molecule has 120 valence electrons. The molecule has 0 heterocycles. The van der Waals surface area contributed by atoms with Crippen LogP contribution in [0.25, 0.3) is 0 Å². The van der Waals surface area contributed by atoms with E-state index in [9.17, 15) is 9.59 Å². The number of carbonyl (C=O) groups excluding carboxylic acids is 2. The lowest BCUT2D eigenvalue weighted by atomic mass is 10.3. The molecule has 0 unspecified atom stereocenters. The molecule has 0 aliphatic rings. The van der Waals surface area contributed by atoms with Crippen molar-refractivity contribution in [2.45, 2.75) is 0 Å². The van der Waals surface area contributed by atoms with Gasteiger partial charge in [0.2, 0.25) is 0 Å². The lowest BCUT2D eigenvalue weighted by molar-refractivity contribution is -0.123. The molecular formula is C15H13BrClN3O3. The summed E-state index contributed by atoms with van der Waals surface area (Å²) < 4.78 is 6.18. The first-order chi connectivity index (χ1) is 11.0. The van der Waals surface area contributed by atoms with E-state index in [0.29, 0.717) is 16.5 Å². The third kappa shape index (κ3) is 6.17. The normalized spacial score (nSPS) is 9.83. The second kappa shape index (κ2) is 8.40. The average molecular weight is 399 g/mol. The molecule has 0 aliphatic carbocycles. The van der Waals surface area contributed by atoms with Crippen LogP contribution in [0.15, 0.2) is 53.0 Å². The first kappa shape index (κ1) is 17.1. The summed E-state index contributed by atoms with van der Waals surface area (Å²) in [6, 6.07) is 13.1. The molecule has 8 heteroatoms. The summed E-state index contributed by atoms with van der Waals surface area (Å²) in [6.45, 7) is -0.223. The van der Waals surface area contributed by atoms with Crippen molar-refractivity contribution < 1.29 is 14.3 Å². The van der Waals surface area contributed by atoms with Gasteiger partial charge in [0.05, 0.1) is 0 Å². The summed E-state index contributed by atoms with van der Waals surface area (Å²) in [5.74, 6) is 0.0564. The number of carbonyl (C=O) groups is 2. The quantitative estimate of drug-likeness (QED) is 0.691. The highest BCUT2D eigenvalue weighted by molar-refractivity contribution is 9.10. The zero-order chi connectivity index (χ0) is 16.7. The fraction of sp³-hybridized carbons (Fsp3) is 0.0667. The van der Waals surface area contributed by atoms with Crippen LogP contribution in [-0.4, -0.2) is 18.5 Å². The van der Waals surface area contributed by atoms with Gasteiger partial charge in [-0.05, 0) is 42.5 Å². The standard InChI is InChI=1S/C15H13BrClN3O3/c16-10-4-6-13(7-5-10)23-9-14(21)19-20-15(22)18-12-3-1-2-11(17)8-12/h1-8H,9H2,(H,19,21)(H2,18,20,22). The molecule has 23 heavy (non-hydrogen) atoms. The number of nitrogens with one attached hydrogen (secondary N) is 3. The molecule has 2 aromatic rings. The summed E-state index contributed by atoms with van der Waals surface area (Å²) in [4.78, 5) is 23.2. The third-order valence-electron chi connectivity index (χ3n) is 2.58. The van der Waals surface area contributed by atoms with Crippen molar-refractivity contribution in [3.8, 4) is 5.75 Å². The first-order valence-corrected chi connectivity index (χ1v) is 7.70. The van der Waals surface area contributed by atoms with Crippen LogP contribution in [0.3, 0.4) is 0 Å². The minimum Gasteiger partial charge on any atom is -0.484 e. The molecule has 0 aromatic heterocycles. The van der Waals surface area contributed by atoms with Gasteiger partial charge in [0.25, 0.3) is 5.91 Å². The molecule has 0 bridgehead atoms. The number of urea groups is 1. The number of hydrogen-bond acceptors (Lipinski definition) is 3. The second-order valence-electron chi connectivity index (χ2n) is 4.38. The molecular weight excluding hydrogens is 386 g/mol. The maximum Gasteiger partial charge on any atom is 0.337 e. The fourth-order valence-electron chi connectivity index (χ4n) is 1.57. The monoisotopic (exact) mass is 397 g/mol. The molecule has 2 aromatic carbocycles. The zero-order valence-electron chi connectivity index (χ0n) is 11.8. The predicted molar refractivity (Wildman–Crippen MR) is 91.4 cm³/mol. The summed E-state index contributed by atoms with van der Waals surface area (Å²) in [5, 5.41) is 3.02. The molecule has 0 aliphatic heterocycles. The minimum absolute atomic E-state index is 0.223. The van der Waals surface area contributed by atoms with Crippen molar-refractivity contribution in [1.29, 1.82) is 0 Å². The SMILES string of the molecule is O=C(COc1ccc(Br)cc1)NNC(=O)Nc1cccc(Cl)c1. The van der Waals surface area contributed by atoms with Gasteiger partial charge >= 0.3 is 6.03 Å². The molecule has 0 saturated carbocycles. The van der Waals surface area contributed by atoms with Gasteiger partial charge in [0.1, 0.15) is 5.75 Å². The van der Waals surface area contributed by atoms with Gasteiger partial charge in [0.15, 0.2) is 6.61 Å². The Kier molecular flexibility index (Phi) is 6.25. The Morgan fingerprint density at radius 3 is 2.52 bits per heavy atom. The van der Waals surface area contributed by atoms with Crippen LogP contribution < -0.4 is 20.9 Å². The van der Waals surface area contributed by atoms with Gasteiger partial charge in [-0.15, -0.1) is 0 Å². The predicted octanol–water partition coefficient (Wildman–Crippen LogP) is 3.33. The molecule has 0 spiro atoms. The smallest absolute Gasteiger partial charge is 0.337 e. The highest BCUT2D eigenvalue weighted by Gasteiger charge is 2.06. The van der Waals surface area contributed by atoms with E-state index in [1.807, 2.05) is 0 Å². The molecule has 3 N–H and O–H groups in total. The number of benzene rings is 2. The van der Waals surface area contributed by atoms with Crippen LogP contribution in [0.2, 0.25) is 5.02 Å². The second-order valence-corrected chi connectivity index (χ2v) is 5.73. The largest absolute Gasteiger partial charge is 0.484 e. The van der Waals surface area contributed by atoms with Crippen LogP contribution in [-0.2, 0) is 4.79 Å². The van der Waals surface area contributed by atoms with Crippen molar-refractivity contribution in [3.05, 3.63) is 58.0 Å². The average Bonchev–Trinajstić information content (AvgIpc) is 2.52. The number of anilines is 1. The third-order valence-corrected chi connectivity index (χ3v) is 3.35. The molecule has 0 fully saturated rings. The number of halogens is 2. The van der Waals surface area contributed by atoms with E-state index in [1.54, 1.807) is 48.5 Å². The Morgan fingerprint density at radius 1 is 1.09 bits per heavy atom. The van der Waals surface area contributed by atoms with E-state index in [1.165, 1.54) is 0 Å². The van der Waals surface area contributed by atoms with E-state index in [0.717, 1.165) is 4.47 Å². The molecule has 0 saturated heterocycles. The molecule has 0 atom stereocenters. The van der Waals surface area contributed by atoms with E-state index in [4.69, 9.17) is 16.3 Å². The topological polar surface area (TPSA) is 79.5 Å². The van der Waals surface area contributed by atoms with Gasteiger partial charge in [-0.3, -0.25) is 10.2 Å². The van der Waals surface area contributed by atoms with Gasteiger partial charge in [-0.1, -0.05) is 33.6 Å². The number of rotatable bonds is 4. The lowest BCUT2D eigenvalue weighted by Crippen LogP contribution is -2.45. The van der Waals surface area contributed by atoms with E-state index >= 15 is 0 Å². The van der Waals surface area contributed by atoms with E-state index in [-0.39, 0.29) is 6.61 Å². The number of amides is 3. The highest BCUT2D eigenvalue weighted by Crippen LogP contribution is 2.16. The van der Waals surface area contributed by atoms with Crippen LogP contribution in [0, 0.1) is 0 Å².